The summed E-state index contributed by atoms with van der Waals surface area (Å²) in [5.41, 5.74) is 2.94. The van der Waals surface area contributed by atoms with Gasteiger partial charge in [-0.15, -0.1) is 0 Å². The van der Waals surface area contributed by atoms with Crippen LogP contribution < -0.4 is 20.1 Å². The monoisotopic (exact) mass is 648 g/mol. The number of sulfonamides is 2. The van der Waals surface area contributed by atoms with Crippen molar-refractivity contribution in [2.24, 2.45) is 0 Å². The number of amides is 2. The van der Waals surface area contributed by atoms with E-state index in [-0.39, 0.29) is 54.0 Å². The molecule has 4 rings (SSSR count). The van der Waals surface area contributed by atoms with Crippen molar-refractivity contribution in [2.45, 2.75) is 41.9 Å². The second kappa shape index (κ2) is 16.1. The average molecular weight is 649 g/mol. The van der Waals surface area contributed by atoms with Crippen molar-refractivity contribution in [3.05, 3.63) is 120 Å². The Morgan fingerprint density at radius 1 is 0.489 bits per heavy atom. The molecule has 4 N–H and O–H groups in total. The number of nitrogens with one attached hydrogen (secondary N) is 4. The molecule has 2 amide bonds. The lowest BCUT2D eigenvalue weighted by Gasteiger charge is -2.10. The highest BCUT2D eigenvalue weighted by Gasteiger charge is 2.15. The van der Waals surface area contributed by atoms with E-state index in [1.807, 2.05) is 60.7 Å². The van der Waals surface area contributed by atoms with E-state index in [9.17, 15) is 26.4 Å². The first-order valence-corrected chi connectivity index (χ1v) is 17.4. The van der Waals surface area contributed by atoms with Gasteiger partial charge < -0.3 is 10.6 Å². The first-order valence-electron chi connectivity index (χ1n) is 14.5. The van der Waals surface area contributed by atoms with Crippen LogP contribution in [0.2, 0.25) is 0 Å². The molecule has 236 valence electrons. The number of anilines is 2. The van der Waals surface area contributed by atoms with Crippen LogP contribution in [0.4, 0.5) is 11.4 Å². The second-order valence-electron chi connectivity index (χ2n) is 10.3. The van der Waals surface area contributed by atoms with E-state index in [0.29, 0.717) is 24.2 Å². The summed E-state index contributed by atoms with van der Waals surface area (Å²) < 4.78 is 55.4. The van der Waals surface area contributed by atoms with Gasteiger partial charge in [0.15, 0.2) is 0 Å². The molecule has 0 aliphatic carbocycles. The highest BCUT2D eigenvalue weighted by Crippen LogP contribution is 2.17. The Labute approximate surface area is 264 Å². The normalized spacial score (nSPS) is 11.6. The summed E-state index contributed by atoms with van der Waals surface area (Å²) in [7, 11) is -7.38. The standard InChI is InChI=1S/C33H36N4O6S2/c38-32(36-28-14-18-30(19-15-28)44(40,41)34-24-22-26-8-3-1-4-9-26)12-7-13-33(39)37-29-16-20-31(21-17-29)45(42,43)35-25-23-27-10-5-2-6-11-27/h1-6,8-11,14-21,34-35H,7,12-13,22-25H2,(H,36,38)(H,37,39). The maximum Gasteiger partial charge on any atom is 0.240 e. The van der Waals surface area contributed by atoms with Gasteiger partial charge in [-0.1, -0.05) is 60.7 Å². The largest absolute Gasteiger partial charge is 0.326 e. The lowest BCUT2D eigenvalue weighted by molar-refractivity contribution is -0.117. The Morgan fingerprint density at radius 2 is 0.844 bits per heavy atom. The fourth-order valence-corrected chi connectivity index (χ4v) is 6.47. The number of hydrogen-bond donors (Lipinski definition) is 4. The topological polar surface area (TPSA) is 151 Å². The quantitative estimate of drug-likeness (QED) is 0.141. The van der Waals surface area contributed by atoms with Gasteiger partial charge in [-0.3, -0.25) is 9.59 Å². The van der Waals surface area contributed by atoms with Crippen molar-refractivity contribution in [3.8, 4) is 0 Å². The molecule has 0 radical (unpaired) electrons. The predicted molar refractivity (Wildman–Crippen MR) is 175 cm³/mol. The maximum atomic E-state index is 12.6. The molecular weight excluding hydrogens is 613 g/mol. The van der Waals surface area contributed by atoms with Crippen LogP contribution >= 0.6 is 0 Å². The molecule has 4 aromatic carbocycles. The van der Waals surface area contributed by atoms with Crippen molar-refractivity contribution in [3.63, 3.8) is 0 Å². The van der Waals surface area contributed by atoms with Crippen molar-refractivity contribution in [1.82, 2.24) is 9.44 Å². The summed E-state index contributed by atoms with van der Waals surface area (Å²) in [4.78, 5) is 24.9. The van der Waals surface area contributed by atoms with Crippen LogP contribution in [0, 0.1) is 0 Å². The molecule has 0 fully saturated rings. The Hall–Kier alpha value is -4.36. The number of hydrogen-bond acceptors (Lipinski definition) is 6. The Morgan fingerprint density at radius 3 is 1.20 bits per heavy atom. The molecule has 4 aromatic rings. The summed E-state index contributed by atoms with van der Waals surface area (Å²) >= 11 is 0. The molecule has 0 atom stereocenters. The molecule has 10 nitrogen and oxygen atoms in total. The van der Waals surface area contributed by atoms with Gasteiger partial charge in [0.1, 0.15) is 0 Å². The van der Waals surface area contributed by atoms with E-state index < -0.39 is 20.0 Å². The van der Waals surface area contributed by atoms with Crippen LogP contribution in [-0.4, -0.2) is 41.7 Å². The third kappa shape index (κ3) is 10.9. The summed E-state index contributed by atoms with van der Waals surface area (Å²) in [5, 5.41) is 5.41. The summed E-state index contributed by atoms with van der Waals surface area (Å²) in [6.45, 7) is 0.525. The molecule has 0 saturated heterocycles. The molecule has 0 aliphatic rings. The summed E-state index contributed by atoms with van der Waals surface area (Å²) in [5.74, 6) is -0.623. The molecule has 0 aromatic heterocycles. The SMILES string of the molecule is O=C(CCCC(=O)Nc1ccc(S(=O)(=O)NCCc2ccccc2)cc1)Nc1ccc(S(=O)(=O)NCCc2ccccc2)cc1. The first-order chi connectivity index (χ1) is 21.6. The molecular formula is C33H36N4O6S2. The average Bonchev–Trinajstić information content (AvgIpc) is 3.02. The zero-order valence-electron chi connectivity index (χ0n) is 24.6. The third-order valence-corrected chi connectivity index (χ3v) is 9.76. The van der Waals surface area contributed by atoms with Gasteiger partial charge in [0.2, 0.25) is 31.9 Å². The summed E-state index contributed by atoms with van der Waals surface area (Å²) in [6, 6.07) is 30.9. The Kier molecular flexibility index (Phi) is 12.0. The number of rotatable bonds is 16. The van der Waals surface area contributed by atoms with Gasteiger partial charge in [0, 0.05) is 37.3 Å². The lowest BCUT2D eigenvalue weighted by atomic mass is 10.2. The number of carbonyl (C=O) groups is 2. The van der Waals surface area contributed by atoms with E-state index in [1.54, 1.807) is 0 Å². The van der Waals surface area contributed by atoms with Gasteiger partial charge in [0.25, 0.3) is 0 Å². The lowest BCUT2D eigenvalue weighted by Crippen LogP contribution is -2.26. The minimum absolute atomic E-state index is 0.0837. The van der Waals surface area contributed by atoms with Crippen LogP contribution in [0.15, 0.2) is 119 Å². The molecule has 12 heteroatoms. The number of benzene rings is 4. The van der Waals surface area contributed by atoms with Crippen LogP contribution in [0.25, 0.3) is 0 Å². The van der Waals surface area contributed by atoms with Crippen LogP contribution in [0.1, 0.15) is 30.4 Å². The van der Waals surface area contributed by atoms with E-state index >= 15 is 0 Å². The molecule has 0 bridgehead atoms. The molecule has 0 spiro atoms. The zero-order valence-corrected chi connectivity index (χ0v) is 26.2. The summed E-state index contributed by atoms with van der Waals surface area (Å²) in [6.07, 6.45) is 1.58. The number of carbonyl (C=O) groups excluding carboxylic acids is 2. The van der Waals surface area contributed by atoms with Gasteiger partial charge in [-0.05, 0) is 78.9 Å². The van der Waals surface area contributed by atoms with E-state index in [2.05, 4.69) is 20.1 Å². The molecule has 0 heterocycles. The van der Waals surface area contributed by atoms with E-state index in [4.69, 9.17) is 0 Å². The van der Waals surface area contributed by atoms with Crippen molar-refractivity contribution < 1.29 is 26.4 Å². The van der Waals surface area contributed by atoms with Crippen LogP contribution in [-0.2, 0) is 42.5 Å². The Balaban J connectivity index is 1.15. The van der Waals surface area contributed by atoms with E-state index in [0.717, 1.165) is 11.1 Å². The van der Waals surface area contributed by atoms with E-state index in [1.165, 1.54) is 48.5 Å². The molecule has 0 aliphatic heterocycles. The Bertz CT molecular complexity index is 1630. The predicted octanol–water partition coefficient (Wildman–Crippen LogP) is 4.48. The molecule has 45 heavy (non-hydrogen) atoms. The first kappa shape index (κ1) is 33.5. The van der Waals surface area contributed by atoms with Crippen molar-refractivity contribution >= 4 is 43.2 Å². The fraction of sp³-hybridized carbons (Fsp3) is 0.212. The second-order valence-corrected chi connectivity index (χ2v) is 13.8. The van der Waals surface area contributed by atoms with Crippen molar-refractivity contribution in [1.29, 1.82) is 0 Å². The zero-order chi connectivity index (χ0) is 32.1. The van der Waals surface area contributed by atoms with Gasteiger partial charge >= 0.3 is 0 Å². The molecule has 0 unspecified atom stereocenters. The highest BCUT2D eigenvalue weighted by molar-refractivity contribution is 7.89. The van der Waals surface area contributed by atoms with Crippen LogP contribution in [0.5, 0.6) is 0 Å². The minimum Gasteiger partial charge on any atom is -0.326 e. The highest BCUT2D eigenvalue weighted by atomic mass is 32.2. The smallest absolute Gasteiger partial charge is 0.240 e. The minimum atomic E-state index is -3.69. The van der Waals surface area contributed by atoms with Crippen LogP contribution in [0.3, 0.4) is 0 Å². The molecule has 0 saturated carbocycles. The van der Waals surface area contributed by atoms with Gasteiger partial charge in [-0.2, -0.15) is 0 Å². The fourth-order valence-electron chi connectivity index (χ4n) is 4.41. The maximum absolute atomic E-state index is 12.6. The third-order valence-electron chi connectivity index (χ3n) is 6.80. The van der Waals surface area contributed by atoms with Gasteiger partial charge in [-0.25, -0.2) is 26.3 Å². The van der Waals surface area contributed by atoms with Crippen molar-refractivity contribution in [2.75, 3.05) is 23.7 Å². The van der Waals surface area contributed by atoms with Gasteiger partial charge in [0.05, 0.1) is 9.79 Å².